The lowest BCUT2D eigenvalue weighted by molar-refractivity contribution is 0.763. The molecular weight excluding hydrogens is 270 g/mol. The molecule has 3 aromatic rings. The summed E-state index contributed by atoms with van der Waals surface area (Å²) in [6.45, 7) is 0.878. The molecule has 5 nitrogen and oxygen atoms in total. The number of hydrogen-bond acceptors (Lipinski definition) is 4. The van der Waals surface area contributed by atoms with Crippen LogP contribution in [0.1, 0.15) is 0 Å². The van der Waals surface area contributed by atoms with Crippen molar-refractivity contribution in [3.05, 3.63) is 49.2 Å². The Morgan fingerprint density at radius 3 is 2.60 bits per heavy atom. The third kappa shape index (κ3) is 2.75. The summed E-state index contributed by atoms with van der Waals surface area (Å²) in [6.07, 6.45) is 9.34. The molecule has 0 spiro atoms. The highest BCUT2D eigenvalue weighted by Gasteiger charge is 2.10. The van der Waals surface area contributed by atoms with Gasteiger partial charge < -0.3 is 9.13 Å². The van der Waals surface area contributed by atoms with E-state index in [1.807, 2.05) is 54.6 Å². The van der Waals surface area contributed by atoms with Crippen molar-refractivity contribution in [3.8, 4) is 11.6 Å². The summed E-state index contributed by atoms with van der Waals surface area (Å²) in [5.41, 5.74) is 0. The van der Waals surface area contributed by atoms with E-state index in [9.17, 15) is 0 Å². The van der Waals surface area contributed by atoms with E-state index >= 15 is 0 Å². The van der Waals surface area contributed by atoms with E-state index in [-0.39, 0.29) is 0 Å². The first kappa shape index (κ1) is 12.9. The van der Waals surface area contributed by atoms with Gasteiger partial charge in [-0.2, -0.15) is 0 Å². The summed E-state index contributed by atoms with van der Waals surface area (Å²) in [4.78, 5) is 13.1. The van der Waals surface area contributed by atoms with E-state index in [0.29, 0.717) is 0 Å². The van der Waals surface area contributed by atoms with Gasteiger partial charge in [0, 0.05) is 50.3 Å². The van der Waals surface area contributed by atoms with Crippen LogP contribution in [0.5, 0.6) is 0 Å². The smallest absolute Gasteiger partial charge is 0.176 e. The molecule has 0 atom stereocenters. The highest BCUT2D eigenvalue weighted by atomic mass is 32.2. The summed E-state index contributed by atoms with van der Waals surface area (Å²) >= 11 is 1.74. The molecule has 0 aliphatic carbocycles. The second kappa shape index (κ2) is 5.92. The standard InChI is InChI=1S/C14H15N5S/c1-18-8-6-16-13(18)14-17-7-9-19(14)10-11-20-12-4-2-3-5-15-12/h2-9H,10-11H2,1H3. The molecule has 0 saturated carbocycles. The third-order valence-corrected chi connectivity index (χ3v) is 3.88. The van der Waals surface area contributed by atoms with Crippen LogP contribution in [0.25, 0.3) is 11.6 Å². The summed E-state index contributed by atoms with van der Waals surface area (Å²) in [6, 6.07) is 5.96. The van der Waals surface area contributed by atoms with Gasteiger partial charge in [-0.3, -0.25) is 0 Å². The first-order valence-electron chi connectivity index (χ1n) is 6.37. The van der Waals surface area contributed by atoms with Gasteiger partial charge in [0.15, 0.2) is 11.6 Å². The van der Waals surface area contributed by atoms with Gasteiger partial charge in [-0.05, 0) is 12.1 Å². The Morgan fingerprint density at radius 1 is 1.00 bits per heavy atom. The number of pyridine rings is 1. The first-order valence-corrected chi connectivity index (χ1v) is 7.36. The summed E-state index contributed by atoms with van der Waals surface area (Å²) in [5, 5.41) is 1.05. The van der Waals surface area contributed by atoms with Crippen molar-refractivity contribution in [3.63, 3.8) is 0 Å². The Hall–Kier alpha value is -2.08. The van der Waals surface area contributed by atoms with Crippen LogP contribution in [0, 0.1) is 0 Å². The first-order chi connectivity index (χ1) is 9.84. The van der Waals surface area contributed by atoms with Crippen LogP contribution in [0.3, 0.4) is 0 Å². The highest BCUT2D eigenvalue weighted by molar-refractivity contribution is 7.99. The number of aryl methyl sites for hydroxylation is 2. The van der Waals surface area contributed by atoms with Crippen molar-refractivity contribution >= 4 is 11.8 Å². The zero-order valence-electron chi connectivity index (χ0n) is 11.2. The molecule has 0 aliphatic heterocycles. The van der Waals surface area contributed by atoms with Gasteiger partial charge >= 0.3 is 0 Å². The molecule has 0 saturated heterocycles. The fourth-order valence-electron chi connectivity index (χ4n) is 1.96. The molecule has 0 fully saturated rings. The number of hydrogen-bond donors (Lipinski definition) is 0. The number of nitrogens with zero attached hydrogens (tertiary/aromatic N) is 5. The van der Waals surface area contributed by atoms with Crippen molar-refractivity contribution in [2.75, 3.05) is 5.75 Å². The van der Waals surface area contributed by atoms with Gasteiger partial charge in [-0.25, -0.2) is 15.0 Å². The van der Waals surface area contributed by atoms with Crippen molar-refractivity contribution in [1.29, 1.82) is 0 Å². The van der Waals surface area contributed by atoms with Crippen LogP contribution in [0.2, 0.25) is 0 Å². The summed E-state index contributed by atoms with van der Waals surface area (Å²) < 4.78 is 4.10. The average Bonchev–Trinajstić information content (AvgIpc) is 3.08. The Morgan fingerprint density at radius 2 is 1.85 bits per heavy atom. The molecule has 3 rings (SSSR count). The van der Waals surface area contributed by atoms with Gasteiger partial charge in [-0.15, -0.1) is 11.8 Å². The van der Waals surface area contributed by atoms with E-state index < -0.39 is 0 Å². The maximum absolute atomic E-state index is 4.40. The van der Waals surface area contributed by atoms with Crippen LogP contribution < -0.4 is 0 Å². The molecule has 3 heterocycles. The SMILES string of the molecule is Cn1ccnc1-c1nccn1CCSc1ccccn1. The second-order valence-electron chi connectivity index (χ2n) is 4.32. The fourth-order valence-corrected chi connectivity index (χ4v) is 2.77. The normalized spacial score (nSPS) is 10.8. The lowest BCUT2D eigenvalue weighted by Gasteiger charge is -2.07. The van der Waals surface area contributed by atoms with Crippen LogP contribution in [-0.2, 0) is 13.6 Å². The van der Waals surface area contributed by atoms with E-state index in [1.165, 1.54) is 0 Å². The number of rotatable bonds is 5. The minimum Gasteiger partial charge on any atom is -0.331 e. The van der Waals surface area contributed by atoms with Gasteiger partial charge in [-0.1, -0.05) is 6.07 Å². The molecular formula is C14H15N5S. The quantitative estimate of drug-likeness (QED) is 0.676. The maximum atomic E-state index is 4.40. The molecule has 0 amide bonds. The summed E-state index contributed by atoms with van der Waals surface area (Å²) in [5.74, 6) is 2.74. The molecule has 0 aromatic carbocycles. The van der Waals surface area contributed by atoms with Crippen molar-refractivity contribution in [2.24, 2.45) is 7.05 Å². The predicted octanol–water partition coefficient (Wildman–Crippen LogP) is 2.47. The molecule has 0 N–H and O–H groups in total. The second-order valence-corrected chi connectivity index (χ2v) is 5.44. The van der Waals surface area contributed by atoms with Gasteiger partial charge in [0.2, 0.25) is 0 Å². The topological polar surface area (TPSA) is 48.5 Å². The molecule has 3 aromatic heterocycles. The Bertz CT molecular complexity index is 674. The third-order valence-electron chi connectivity index (χ3n) is 2.96. The number of imidazole rings is 2. The number of aromatic nitrogens is 5. The Labute approximate surface area is 121 Å². The fraction of sp³-hybridized carbons (Fsp3) is 0.214. The van der Waals surface area contributed by atoms with Crippen molar-refractivity contribution < 1.29 is 0 Å². The van der Waals surface area contributed by atoms with Crippen LogP contribution in [-0.4, -0.2) is 29.8 Å². The van der Waals surface area contributed by atoms with Gasteiger partial charge in [0.05, 0.1) is 5.03 Å². The van der Waals surface area contributed by atoms with Gasteiger partial charge in [0.25, 0.3) is 0 Å². The molecule has 0 unspecified atom stereocenters. The monoisotopic (exact) mass is 285 g/mol. The molecule has 20 heavy (non-hydrogen) atoms. The molecule has 6 heteroatoms. The molecule has 0 radical (unpaired) electrons. The number of thioether (sulfide) groups is 1. The lowest BCUT2D eigenvalue weighted by atomic mass is 10.5. The van der Waals surface area contributed by atoms with Crippen molar-refractivity contribution in [1.82, 2.24) is 24.1 Å². The Kier molecular flexibility index (Phi) is 3.83. The largest absolute Gasteiger partial charge is 0.331 e. The zero-order valence-corrected chi connectivity index (χ0v) is 12.0. The van der Waals surface area contributed by atoms with Crippen LogP contribution >= 0.6 is 11.8 Å². The molecule has 0 aliphatic rings. The van der Waals surface area contributed by atoms with Crippen molar-refractivity contribution in [2.45, 2.75) is 11.6 Å². The molecule has 102 valence electrons. The van der Waals surface area contributed by atoms with Crippen LogP contribution in [0.4, 0.5) is 0 Å². The van der Waals surface area contributed by atoms with E-state index in [4.69, 9.17) is 0 Å². The van der Waals surface area contributed by atoms with E-state index in [0.717, 1.165) is 29.0 Å². The molecule has 0 bridgehead atoms. The maximum Gasteiger partial charge on any atom is 0.176 e. The van der Waals surface area contributed by atoms with Crippen LogP contribution in [0.15, 0.2) is 54.2 Å². The predicted molar refractivity (Wildman–Crippen MR) is 79.4 cm³/mol. The lowest BCUT2D eigenvalue weighted by Crippen LogP contribution is -2.05. The van der Waals surface area contributed by atoms with Gasteiger partial charge in [0.1, 0.15) is 0 Å². The zero-order chi connectivity index (χ0) is 13.8. The Balaban J connectivity index is 1.67. The average molecular weight is 285 g/mol. The minimum atomic E-state index is 0.878. The minimum absolute atomic E-state index is 0.878. The summed E-state index contributed by atoms with van der Waals surface area (Å²) in [7, 11) is 1.98. The van der Waals surface area contributed by atoms with E-state index in [2.05, 4.69) is 19.5 Å². The van der Waals surface area contributed by atoms with E-state index in [1.54, 1.807) is 18.0 Å². The highest BCUT2D eigenvalue weighted by Crippen LogP contribution is 2.18.